The van der Waals surface area contributed by atoms with Crippen molar-refractivity contribution in [1.82, 2.24) is 0 Å². The molecule has 84 valence electrons. The summed E-state index contributed by atoms with van der Waals surface area (Å²) in [6.07, 6.45) is 3.33. The zero-order chi connectivity index (χ0) is 11.1. The van der Waals surface area contributed by atoms with Crippen LogP contribution in [0.25, 0.3) is 0 Å². The van der Waals surface area contributed by atoms with Crippen molar-refractivity contribution in [3.63, 3.8) is 0 Å². The van der Waals surface area contributed by atoms with Crippen molar-refractivity contribution in [1.29, 1.82) is 0 Å². The first-order valence-corrected chi connectivity index (χ1v) is 7.52. The molecular formula is C12H19O2P. The lowest BCUT2D eigenvalue weighted by Crippen LogP contribution is -2.00. The number of rotatable bonds is 6. The van der Waals surface area contributed by atoms with Crippen LogP contribution in [-0.4, -0.2) is 12.3 Å². The molecule has 0 aliphatic carbocycles. The van der Waals surface area contributed by atoms with Crippen LogP contribution in [-0.2, 0) is 4.57 Å². The Balaban J connectivity index is 2.64. The lowest BCUT2D eigenvalue weighted by Gasteiger charge is -2.17. The first-order chi connectivity index (χ1) is 7.20. The number of unbranched alkanes of at least 4 members (excludes halogenated alkanes) is 1. The van der Waals surface area contributed by atoms with Crippen molar-refractivity contribution in [2.75, 3.05) is 12.3 Å². The molecule has 0 spiro atoms. The second-order valence-corrected chi connectivity index (χ2v) is 6.50. The van der Waals surface area contributed by atoms with Crippen LogP contribution in [0.5, 0.6) is 5.75 Å². The molecule has 1 rings (SSSR count). The van der Waals surface area contributed by atoms with Gasteiger partial charge >= 0.3 is 0 Å². The third-order valence-electron chi connectivity index (χ3n) is 2.35. The van der Waals surface area contributed by atoms with Crippen molar-refractivity contribution in [2.24, 2.45) is 0 Å². The van der Waals surface area contributed by atoms with Gasteiger partial charge in [-0.1, -0.05) is 38.5 Å². The van der Waals surface area contributed by atoms with Gasteiger partial charge in [0.15, 0.2) is 0 Å². The van der Waals surface area contributed by atoms with Gasteiger partial charge in [0, 0.05) is 12.3 Å². The topological polar surface area (TPSA) is 26.3 Å². The van der Waals surface area contributed by atoms with E-state index in [4.69, 9.17) is 4.52 Å². The molecular weight excluding hydrogens is 207 g/mol. The minimum atomic E-state index is -2.44. The van der Waals surface area contributed by atoms with Crippen LogP contribution in [0, 0.1) is 0 Å². The van der Waals surface area contributed by atoms with Gasteiger partial charge in [0.05, 0.1) is 0 Å². The summed E-state index contributed by atoms with van der Waals surface area (Å²) in [6.45, 7) is 4.03. The Morgan fingerprint density at radius 2 is 1.87 bits per heavy atom. The molecule has 3 heteroatoms. The van der Waals surface area contributed by atoms with E-state index in [0.717, 1.165) is 18.6 Å². The van der Waals surface area contributed by atoms with E-state index in [0.29, 0.717) is 12.3 Å². The molecule has 0 N–H and O–H groups in total. The average Bonchev–Trinajstić information content (AvgIpc) is 2.28. The summed E-state index contributed by atoms with van der Waals surface area (Å²) in [4.78, 5) is 0. The Kier molecular flexibility index (Phi) is 4.90. The number of benzene rings is 1. The monoisotopic (exact) mass is 226 g/mol. The molecule has 2 nitrogen and oxygen atoms in total. The zero-order valence-electron chi connectivity index (χ0n) is 9.48. The zero-order valence-corrected chi connectivity index (χ0v) is 10.4. The van der Waals surface area contributed by atoms with Crippen molar-refractivity contribution in [3.8, 4) is 5.75 Å². The molecule has 1 aromatic rings. The van der Waals surface area contributed by atoms with E-state index in [-0.39, 0.29) is 0 Å². The number of hydrogen-bond donors (Lipinski definition) is 0. The van der Waals surface area contributed by atoms with Gasteiger partial charge in [-0.2, -0.15) is 0 Å². The molecule has 15 heavy (non-hydrogen) atoms. The first kappa shape index (κ1) is 12.3. The van der Waals surface area contributed by atoms with Crippen LogP contribution in [0.3, 0.4) is 0 Å². The summed E-state index contributed by atoms with van der Waals surface area (Å²) < 4.78 is 17.9. The van der Waals surface area contributed by atoms with Crippen LogP contribution in [0.4, 0.5) is 0 Å². The molecule has 1 aromatic carbocycles. The minimum Gasteiger partial charge on any atom is -0.443 e. The van der Waals surface area contributed by atoms with E-state index >= 15 is 0 Å². The molecule has 0 saturated heterocycles. The van der Waals surface area contributed by atoms with E-state index in [2.05, 4.69) is 6.92 Å². The third kappa shape index (κ3) is 4.09. The molecule has 0 fully saturated rings. The van der Waals surface area contributed by atoms with Gasteiger partial charge in [0.25, 0.3) is 0 Å². The summed E-state index contributed by atoms with van der Waals surface area (Å²) >= 11 is 0. The smallest absolute Gasteiger partial charge is 0.247 e. The molecule has 0 radical (unpaired) electrons. The van der Waals surface area contributed by atoms with Crippen molar-refractivity contribution < 1.29 is 9.09 Å². The summed E-state index contributed by atoms with van der Waals surface area (Å²) in [5, 5.41) is 0. The van der Waals surface area contributed by atoms with Crippen LogP contribution in [0.2, 0.25) is 0 Å². The molecule has 0 amide bonds. The Hall–Kier alpha value is -0.750. The van der Waals surface area contributed by atoms with E-state index in [1.807, 2.05) is 37.3 Å². The SMILES string of the molecule is CCCCP(=O)(CC)Oc1ccccc1. The predicted molar refractivity (Wildman–Crippen MR) is 65.0 cm³/mol. The Morgan fingerprint density at radius 1 is 1.20 bits per heavy atom. The van der Waals surface area contributed by atoms with Gasteiger partial charge in [0.1, 0.15) is 5.75 Å². The van der Waals surface area contributed by atoms with Crippen LogP contribution < -0.4 is 4.52 Å². The highest BCUT2D eigenvalue weighted by Crippen LogP contribution is 2.47. The fourth-order valence-corrected chi connectivity index (χ4v) is 3.18. The second kappa shape index (κ2) is 5.97. The van der Waals surface area contributed by atoms with Crippen molar-refractivity contribution >= 4 is 7.37 Å². The van der Waals surface area contributed by atoms with E-state index < -0.39 is 7.37 Å². The van der Waals surface area contributed by atoms with Gasteiger partial charge in [-0.05, 0) is 18.6 Å². The molecule has 0 saturated carbocycles. The summed E-state index contributed by atoms with van der Waals surface area (Å²) in [6, 6.07) is 9.43. The van der Waals surface area contributed by atoms with Gasteiger partial charge in [-0.25, -0.2) is 0 Å². The van der Waals surface area contributed by atoms with Gasteiger partial charge < -0.3 is 4.52 Å². The van der Waals surface area contributed by atoms with Gasteiger partial charge in [0.2, 0.25) is 7.37 Å². The largest absolute Gasteiger partial charge is 0.443 e. The normalized spacial score (nSPS) is 14.5. The Labute approximate surface area is 92.1 Å². The molecule has 0 aliphatic rings. The van der Waals surface area contributed by atoms with E-state index in [9.17, 15) is 4.57 Å². The molecule has 0 heterocycles. The average molecular weight is 226 g/mol. The third-order valence-corrected chi connectivity index (χ3v) is 4.85. The Morgan fingerprint density at radius 3 is 2.40 bits per heavy atom. The van der Waals surface area contributed by atoms with Crippen molar-refractivity contribution in [3.05, 3.63) is 30.3 Å². The highest BCUT2D eigenvalue weighted by Gasteiger charge is 2.20. The first-order valence-electron chi connectivity index (χ1n) is 5.53. The molecule has 0 bridgehead atoms. The molecule has 0 aliphatic heterocycles. The van der Waals surface area contributed by atoms with E-state index in [1.165, 1.54) is 0 Å². The van der Waals surface area contributed by atoms with E-state index in [1.54, 1.807) is 0 Å². The molecule has 1 atom stereocenters. The van der Waals surface area contributed by atoms with Crippen molar-refractivity contribution in [2.45, 2.75) is 26.7 Å². The van der Waals surface area contributed by atoms with Crippen LogP contribution in [0.1, 0.15) is 26.7 Å². The lowest BCUT2D eigenvalue weighted by molar-refractivity contribution is 0.480. The van der Waals surface area contributed by atoms with Gasteiger partial charge in [-0.15, -0.1) is 0 Å². The summed E-state index contributed by atoms with van der Waals surface area (Å²) in [7, 11) is -2.44. The molecule has 0 aromatic heterocycles. The Bertz CT molecular complexity index is 322. The molecule has 1 unspecified atom stereocenters. The maximum Gasteiger partial charge on any atom is 0.247 e. The summed E-state index contributed by atoms with van der Waals surface area (Å²) in [5.74, 6) is 0.721. The highest BCUT2D eigenvalue weighted by molar-refractivity contribution is 7.59. The second-order valence-electron chi connectivity index (χ2n) is 3.61. The maximum absolute atomic E-state index is 12.3. The van der Waals surface area contributed by atoms with Crippen LogP contribution >= 0.6 is 7.37 Å². The van der Waals surface area contributed by atoms with Crippen LogP contribution in [0.15, 0.2) is 30.3 Å². The maximum atomic E-state index is 12.3. The quantitative estimate of drug-likeness (QED) is 0.680. The fourth-order valence-electron chi connectivity index (χ4n) is 1.34. The fraction of sp³-hybridized carbons (Fsp3) is 0.500. The highest BCUT2D eigenvalue weighted by atomic mass is 31.2. The number of para-hydroxylation sites is 1. The number of hydrogen-bond acceptors (Lipinski definition) is 2. The predicted octanol–water partition coefficient (Wildman–Crippen LogP) is 4.16. The van der Waals surface area contributed by atoms with Gasteiger partial charge in [-0.3, -0.25) is 4.57 Å². The lowest BCUT2D eigenvalue weighted by atomic mass is 10.3. The minimum absolute atomic E-state index is 0.613. The standard InChI is InChI=1S/C12H19O2P/c1-3-5-11-15(13,4-2)14-12-9-7-6-8-10-12/h6-10H,3-5,11H2,1-2H3. The summed E-state index contributed by atoms with van der Waals surface area (Å²) in [5.41, 5.74) is 0.